The number of benzene rings is 1. The van der Waals surface area contributed by atoms with Gasteiger partial charge in [-0.3, -0.25) is 14.3 Å². The third-order valence-electron chi connectivity index (χ3n) is 7.55. The number of hydrogen-bond acceptors (Lipinski definition) is 4. The Kier molecular flexibility index (Phi) is 7.66. The number of amides is 2. The second-order valence-corrected chi connectivity index (χ2v) is 9.80. The van der Waals surface area contributed by atoms with Crippen molar-refractivity contribution in [1.29, 1.82) is 0 Å². The molecule has 5 rings (SSSR count). The topological polar surface area (TPSA) is 84.5 Å². The molecule has 1 aliphatic carbocycles. The lowest BCUT2D eigenvalue weighted by atomic mass is 9.93. The van der Waals surface area contributed by atoms with Crippen molar-refractivity contribution < 1.29 is 22.8 Å². The molecule has 3 heterocycles. The zero-order valence-electron chi connectivity index (χ0n) is 19.9. The van der Waals surface area contributed by atoms with Crippen molar-refractivity contribution in [3.05, 3.63) is 52.8 Å². The van der Waals surface area contributed by atoms with E-state index in [9.17, 15) is 22.8 Å². The molecule has 11 heteroatoms. The molecule has 0 radical (unpaired) electrons. The van der Waals surface area contributed by atoms with Crippen LogP contribution in [-0.4, -0.2) is 64.1 Å². The fourth-order valence-corrected chi connectivity index (χ4v) is 5.56. The molecule has 0 unspecified atom stereocenters. The molecule has 0 spiro atoms. The predicted octanol–water partition coefficient (Wildman–Crippen LogP) is 3.95. The van der Waals surface area contributed by atoms with E-state index in [4.69, 9.17) is 5.73 Å². The Bertz CT molecular complexity index is 1110. The van der Waals surface area contributed by atoms with Crippen LogP contribution in [0.1, 0.15) is 77.2 Å². The van der Waals surface area contributed by atoms with E-state index in [2.05, 4.69) is 5.10 Å². The highest BCUT2D eigenvalue weighted by molar-refractivity contribution is 5.95. The predicted molar refractivity (Wildman–Crippen MR) is 130 cm³/mol. The quantitative estimate of drug-likeness (QED) is 0.640. The number of nitrogens with zero attached hydrogens (tertiary/aromatic N) is 4. The summed E-state index contributed by atoms with van der Waals surface area (Å²) in [6.45, 7) is 1.91. The van der Waals surface area contributed by atoms with Crippen molar-refractivity contribution in [2.75, 3.05) is 32.7 Å². The molecular weight excluding hydrogens is 495 g/mol. The molecule has 2 amide bonds. The van der Waals surface area contributed by atoms with Gasteiger partial charge in [-0.25, -0.2) is 0 Å². The summed E-state index contributed by atoms with van der Waals surface area (Å²) < 4.78 is 42.5. The van der Waals surface area contributed by atoms with Gasteiger partial charge in [-0.05, 0) is 43.7 Å². The van der Waals surface area contributed by atoms with Gasteiger partial charge in [-0.15, -0.1) is 12.4 Å². The van der Waals surface area contributed by atoms with E-state index in [1.165, 1.54) is 12.1 Å². The fourth-order valence-electron chi connectivity index (χ4n) is 5.56. The first-order valence-corrected chi connectivity index (χ1v) is 12.3. The molecule has 196 valence electrons. The van der Waals surface area contributed by atoms with Gasteiger partial charge in [0.2, 0.25) is 5.91 Å². The molecule has 1 atom stereocenters. The van der Waals surface area contributed by atoms with Crippen LogP contribution in [0.2, 0.25) is 0 Å². The van der Waals surface area contributed by atoms with Gasteiger partial charge in [0.15, 0.2) is 0 Å². The first-order chi connectivity index (χ1) is 16.8. The van der Waals surface area contributed by atoms with Gasteiger partial charge >= 0.3 is 6.18 Å². The number of carbonyl (C=O) groups is 2. The summed E-state index contributed by atoms with van der Waals surface area (Å²) in [7, 11) is 0. The number of carbonyl (C=O) groups excluding carboxylic acids is 2. The second kappa shape index (κ2) is 10.4. The zero-order chi connectivity index (χ0) is 24.7. The highest BCUT2D eigenvalue weighted by Crippen LogP contribution is 2.44. The number of piperidine rings is 1. The normalized spacial score (nSPS) is 20.9. The Labute approximate surface area is 214 Å². The standard InChI is InChI=1S/C25H30F3N5O2.ClH/c26-25(27,28)21-4-2-1-3-19(21)17-7-10-32(15-17)24(35)20-14-30-33(23(20)16-5-6-16)18-8-11-31(12-9-18)22(34)13-29;/h1-4,14,16-18H,5-13,15,29H2;1H/t17-;/m1./s1. The molecule has 3 fully saturated rings. The van der Waals surface area contributed by atoms with E-state index in [0.717, 1.165) is 37.4 Å². The molecular formula is C25H31ClF3N5O2. The summed E-state index contributed by atoms with van der Waals surface area (Å²) >= 11 is 0. The van der Waals surface area contributed by atoms with Crippen LogP contribution in [0.3, 0.4) is 0 Å². The third-order valence-corrected chi connectivity index (χ3v) is 7.55. The van der Waals surface area contributed by atoms with Crippen molar-refractivity contribution in [2.24, 2.45) is 5.73 Å². The lowest BCUT2D eigenvalue weighted by molar-refractivity contribution is -0.138. The second-order valence-electron chi connectivity index (χ2n) is 9.80. The van der Waals surface area contributed by atoms with Crippen LogP contribution in [0, 0.1) is 0 Å². The number of rotatable bonds is 5. The molecule has 7 nitrogen and oxygen atoms in total. The van der Waals surface area contributed by atoms with Crippen LogP contribution in [0.25, 0.3) is 0 Å². The van der Waals surface area contributed by atoms with Gasteiger partial charge in [0, 0.05) is 38.0 Å². The monoisotopic (exact) mass is 525 g/mol. The van der Waals surface area contributed by atoms with Gasteiger partial charge < -0.3 is 15.5 Å². The smallest absolute Gasteiger partial charge is 0.341 e. The molecule has 36 heavy (non-hydrogen) atoms. The van der Waals surface area contributed by atoms with Gasteiger partial charge in [0.1, 0.15) is 0 Å². The number of halogens is 4. The van der Waals surface area contributed by atoms with Crippen LogP contribution in [0.15, 0.2) is 30.5 Å². The first-order valence-electron chi connectivity index (χ1n) is 12.3. The number of hydrogen-bond donors (Lipinski definition) is 1. The molecule has 2 aromatic rings. The lowest BCUT2D eigenvalue weighted by Gasteiger charge is -2.32. The molecule has 2 saturated heterocycles. The zero-order valence-corrected chi connectivity index (χ0v) is 20.7. The maximum absolute atomic E-state index is 13.5. The molecule has 1 saturated carbocycles. The van der Waals surface area contributed by atoms with E-state index >= 15 is 0 Å². The molecule has 1 aromatic carbocycles. The maximum atomic E-state index is 13.5. The minimum absolute atomic E-state index is 0. The molecule has 2 aliphatic heterocycles. The SMILES string of the molecule is Cl.NCC(=O)N1CCC(n2ncc(C(=O)N3CC[C@@H](c4ccccc4C(F)(F)F)C3)c2C2CC2)CC1. The molecule has 1 aromatic heterocycles. The summed E-state index contributed by atoms with van der Waals surface area (Å²) in [6, 6.07) is 5.77. The summed E-state index contributed by atoms with van der Waals surface area (Å²) in [5.74, 6) is -0.274. The number of alkyl halides is 3. The Morgan fingerprint density at radius 3 is 2.28 bits per heavy atom. The van der Waals surface area contributed by atoms with E-state index in [-0.39, 0.29) is 60.8 Å². The minimum Gasteiger partial charge on any atom is -0.341 e. The minimum atomic E-state index is -4.42. The van der Waals surface area contributed by atoms with E-state index in [1.54, 1.807) is 22.1 Å². The average molecular weight is 526 g/mol. The Balaban J connectivity index is 0.00000304. The van der Waals surface area contributed by atoms with Gasteiger partial charge in [-0.1, -0.05) is 18.2 Å². The summed E-state index contributed by atoms with van der Waals surface area (Å²) in [6.07, 6.45) is 1.21. The van der Waals surface area contributed by atoms with Crippen molar-refractivity contribution in [1.82, 2.24) is 19.6 Å². The molecule has 0 bridgehead atoms. The third kappa shape index (κ3) is 5.11. The van der Waals surface area contributed by atoms with Gasteiger partial charge in [0.25, 0.3) is 5.91 Å². The number of likely N-dealkylation sites (tertiary alicyclic amines) is 2. The molecule has 2 N–H and O–H groups in total. The van der Waals surface area contributed by atoms with Gasteiger partial charge in [0.05, 0.1) is 35.6 Å². The van der Waals surface area contributed by atoms with Crippen LogP contribution in [-0.2, 0) is 11.0 Å². The Morgan fingerprint density at radius 1 is 0.972 bits per heavy atom. The van der Waals surface area contributed by atoms with Crippen LogP contribution < -0.4 is 5.73 Å². The van der Waals surface area contributed by atoms with Crippen LogP contribution in [0.5, 0.6) is 0 Å². The average Bonchev–Trinajstić information content (AvgIpc) is 3.40. The van der Waals surface area contributed by atoms with E-state index < -0.39 is 11.7 Å². The Morgan fingerprint density at radius 2 is 1.64 bits per heavy atom. The summed E-state index contributed by atoms with van der Waals surface area (Å²) in [5, 5.41) is 4.60. The maximum Gasteiger partial charge on any atom is 0.416 e. The largest absolute Gasteiger partial charge is 0.416 e. The number of nitrogens with two attached hydrogens (primary N) is 1. The first kappa shape index (κ1) is 26.5. The number of aromatic nitrogens is 2. The highest BCUT2D eigenvalue weighted by atomic mass is 35.5. The van der Waals surface area contributed by atoms with E-state index in [0.29, 0.717) is 31.6 Å². The highest BCUT2D eigenvalue weighted by Gasteiger charge is 2.40. The summed E-state index contributed by atoms with van der Waals surface area (Å²) in [4.78, 5) is 28.9. The fraction of sp³-hybridized carbons (Fsp3) is 0.560. The van der Waals surface area contributed by atoms with Crippen molar-refractivity contribution in [3.8, 4) is 0 Å². The van der Waals surface area contributed by atoms with Crippen molar-refractivity contribution in [2.45, 2.75) is 56.2 Å². The van der Waals surface area contributed by atoms with Crippen molar-refractivity contribution >= 4 is 24.2 Å². The van der Waals surface area contributed by atoms with Gasteiger partial charge in [-0.2, -0.15) is 18.3 Å². The lowest BCUT2D eigenvalue weighted by Crippen LogP contribution is -2.42. The summed E-state index contributed by atoms with van der Waals surface area (Å²) in [5.41, 5.74) is 6.63. The van der Waals surface area contributed by atoms with Crippen LogP contribution in [0.4, 0.5) is 13.2 Å². The van der Waals surface area contributed by atoms with E-state index in [1.807, 2.05) is 4.68 Å². The van der Waals surface area contributed by atoms with Crippen LogP contribution >= 0.6 is 12.4 Å². The molecule has 3 aliphatic rings. The Hall–Kier alpha value is -2.59. The van der Waals surface area contributed by atoms with Crippen molar-refractivity contribution in [3.63, 3.8) is 0 Å².